The van der Waals surface area contributed by atoms with E-state index in [-0.39, 0.29) is 6.04 Å². The van der Waals surface area contributed by atoms with E-state index in [1.807, 2.05) is 0 Å². The Morgan fingerprint density at radius 2 is 1.21 bits per heavy atom. The maximum atomic E-state index is 6.11. The fourth-order valence-electron chi connectivity index (χ4n) is 3.37. The average Bonchev–Trinajstić information content (AvgIpc) is 2.77. The summed E-state index contributed by atoms with van der Waals surface area (Å²) < 4.78 is 0. The smallest absolute Gasteiger partial charge is 0.0340 e. The average molecular weight is 373 g/mol. The quantitative estimate of drug-likeness (QED) is 0.458. The lowest BCUT2D eigenvalue weighted by molar-refractivity contribution is 0.699. The maximum absolute atomic E-state index is 6.11. The van der Waals surface area contributed by atoms with Crippen LogP contribution in [0.25, 0.3) is 11.1 Å². The van der Waals surface area contributed by atoms with Crippen LogP contribution in [0.1, 0.15) is 49.4 Å². The number of nitrogens with two attached hydrogens (primary N) is 1. The molecule has 0 saturated carbocycles. The second kappa shape index (κ2) is 10.1. The van der Waals surface area contributed by atoms with Gasteiger partial charge in [0.25, 0.3) is 0 Å². The zero-order valence-electron chi connectivity index (χ0n) is 17.1. The molecule has 1 unspecified atom stereocenters. The van der Waals surface area contributed by atoms with Crippen molar-refractivity contribution in [3.05, 3.63) is 89.5 Å². The number of hydrogen-bond donors (Lipinski definition) is 2. The molecule has 1 atom stereocenters. The van der Waals surface area contributed by atoms with Crippen LogP contribution in [0.5, 0.6) is 0 Å². The third kappa shape index (κ3) is 5.46. The highest BCUT2D eigenvalue weighted by atomic mass is 14.9. The predicted molar refractivity (Wildman–Crippen MR) is 122 cm³/mol. The molecule has 0 spiro atoms. The Hall–Kier alpha value is -2.58. The summed E-state index contributed by atoms with van der Waals surface area (Å²) in [5.41, 5.74) is 13.8. The molecule has 28 heavy (non-hydrogen) atoms. The van der Waals surface area contributed by atoms with Crippen molar-refractivity contribution < 1.29 is 0 Å². The first kappa shape index (κ1) is 20.2. The van der Waals surface area contributed by atoms with E-state index in [1.54, 1.807) is 0 Å². The Balaban J connectivity index is 1.57. The van der Waals surface area contributed by atoms with E-state index in [0.717, 1.165) is 32.2 Å². The Labute approximate surface area is 169 Å². The molecule has 0 aromatic heterocycles. The van der Waals surface area contributed by atoms with Gasteiger partial charge in [0.1, 0.15) is 0 Å². The van der Waals surface area contributed by atoms with Gasteiger partial charge in [-0.2, -0.15) is 0 Å². The van der Waals surface area contributed by atoms with Gasteiger partial charge in [-0.15, -0.1) is 0 Å². The number of nitrogens with one attached hydrogen (secondary N) is 1. The molecule has 0 amide bonds. The topological polar surface area (TPSA) is 38.0 Å². The molecule has 0 aliphatic heterocycles. The van der Waals surface area contributed by atoms with Crippen molar-refractivity contribution in [2.24, 2.45) is 5.73 Å². The van der Waals surface area contributed by atoms with Crippen LogP contribution in [-0.4, -0.2) is 6.54 Å². The highest BCUT2D eigenvalue weighted by molar-refractivity contribution is 5.64. The van der Waals surface area contributed by atoms with Crippen molar-refractivity contribution in [3.63, 3.8) is 0 Å². The summed E-state index contributed by atoms with van der Waals surface area (Å²) in [5.74, 6) is 0. The SMILES string of the molecule is CCCNc1ccc(CCc2ccc(-c3ccc(C(N)CC)cc3)cc2)cc1. The third-order valence-corrected chi connectivity index (χ3v) is 5.30. The van der Waals surface area contributed by atoms with Crippen molar-refractivity contribution in [2.75, 3.05) is 11.9 Å². The van der Waals surface area contributed by atoms with Crippen LogP contribution in [0.15, 0.2) is 72.8 Å². The van der Waals surface area contributed by atoms with Crippen molar-refractivity contribution in [3.8, 4) is 11.1 Å². The molecular formula is C26H32N2. The van der Waals surface area contributed by atoms with Crippen LogP contribution in [-0.2, 0) is 12.8 Å². The highest BCUT2D eigenvalue weighted by Crippen LogP contribution is 2.23. The number of rotatable bonds is 9. The van der Waals surface area contributed by atoms with Crippen molar-refractivity contribution in [2.45, 2.75) is 45.6 Å². The number of aryl methyl sites for hydroxylation is 2. The molecule has 0 radical (unpaired) electrons. The lowest BCUT2D eigenvalue weighted by atomic mass is 9.98. The first-order chi connectivity index (χ1) is 13.7. The molecule has 3 aromatic carbocycles. The summed E-state index contributed by atoms with van der Waals surface area (Å²) in [7, 11) is 0. The molecule has 3 N–H and O–H groups in total. The van der Waals surface area contributed by atoms with Gasteiger partial charge in [0.05, 0.1) is 0 Å². The highest BCUT2D eigenvalue weighted by Gasteiger charge is 2.04. The first-order valence-electron chi connectivity index (χ1n) is 10.5. The van der Waals surface area contributed by atoms with Gasteiger partial charge in [-0.3, -0.25) is 0 Å². The third-order valence-electron chi connectivity index (χ3n) is 5.30. The van der Waals surface area contributed by atoms with Gasteiger partial charge in [-0.05, 0) is 65.6 Å². The lowest BCUT2D eigenvalue weighted by Gasteiger charge is -2.10. The van der Waals surface area contributed by atoms with Gasteiger partial charge in [0.2, 0.25) is 0 Å². The summed E-state index contributed by atoms with van der Waals surface area (Å²) in [6.07, 6.45) is 4.24. The number of hydrogen-bond acceptors (Lipinski definition) is 2. The van der Waals surface area contributed by atoms with E-state index in [4.69, 9.17) is 5.73 Å². The summed E-state index contributed by atoms with van der Waals surface area (Å²) in [4.78, 5) is 0. The number of anilines is 1. The van der Waals surface area contributed by atoms with Crippen LogP contribution < -0.4 is 11.1 Å². The minimum atomic E-state index is 0.132. The van der Waals surface area contributed by atoms with E-state index >= 15 is 0 Å². The van der Waals surface area contributed by atoms with Gasteiger partial charge in [-0.1, -0.05) is 74.5 Å². The molecule has 3 rings (SSSR count). The first-order valence-corrected chi connectivity index (χ1v) is 10.5. The largest absolute Gasteiger partial charge is 0.385 e. The van der Waals surface area contributed by atoms with Crippen LogP contribution in [0.2, 0.25) is 0 Å². The summed E-state index contributed by atoms with van der Waals surface area (Å²) in [5, 5.41) is 3.42. The van der Waals surface area contributed by atoms with Gasteiger partial charge >= 0.3 is 0 Å². The summed E-state index contributed by atoms with van der Waals surface area (Å²) in [6.45, 7) is 5.33. The lowest BCUT2D eigenvalue weighted by Crippen LogP contribution is -2.08. The molecule has 0 aliphatic carbocycles. The molecule has 0 bridgehead atoms. The molecule has 0 aliphatic rings. The zero-order valence-corrected chi connectivity index (χ0v) is 17.1. The Morgan fingerprint density at radius 3 is 1.71 bits per heavy atom. The van der Waals surface area contributed by atoms with Crippen LogP contribution >= 0.6 is 0 Å². The van der Waals surface area contributed by atoms with Crippen LogP contribution in [0.3, 0.4) is 0 Å². The van der Waals surface area contributed by atoms with E-state index < -0.39 is 0 Å². The van der Waals surface area contributed by atoms with Gasteiger partial charge < -0.3 is 11.1 Å². The fourth-order valence-corrected chi connectivity index (χ4v) is 3.37. The molecule has 2 heteroatoms. The van der Waals surface area contributed by atoms with E-state index in [9.17, 15) is 0 Å². The minimum absolute atomic E-state index is 0.132. The second-order valence-electron chi connectivity index (χ2n) is 7.46. The second-order valence-corrected chi connectivity index (χ2v) is 7.46. The van der Waals surface area contributed by atoms with Crippen molar-refractivity contribution in [1.29, 1.82) is 0 Å². The maximum Gasteiger partial charge on any atom is 0.0340 e. The minimum Gasteiger partial charge on any atom is -0.385 e. The normalized spacial score (nSPS) is 12.0. The molecule has 3 aromatic rings. The van der Waals surface area contributed by atoms with E-state index in [2.05, 4.69) is 92.0 Å². The Morgan fingerprint density at radius 1 is 0.714 bits per heavy atom. The molecule has 0 fully saturated rings. The Bertz CT molecular complexity index is 833. The van der Waals surface area contributed by atoms with Crippen LogP contribution in [0.4, 0.5) is 5.69 Å². The summed E-state index contributed by atoms with van der Waals surface area (Å²) in [6, 6.07) is 26.6. The standard InChI is InChI=1S/C26H32N2/c1-3-19-28-25-17-9-21(10-18-25)6-5-20-7-11-22(12-8-20)23-13-15-24(16-14-23)26(27)4-2/h7-18,26,28H,3-6,19,27H2,1-2H3. The fraction of sp³-hybridized carbons (Fsp3) is 0.308. The summed E-state index contributed by atoms with van der Waals surface area (Å²) >= 11 is 0. The Kier molecular flexibility index (Phi) is 7.27. The molecular weight excluding hydrogens is 340 g/mol. The van der Waals surface area contributed by atoms with Crippen molar-refractivity contribution >= 4 is 5.69 Å². The molecule has 2 nitrogen and oxygen atoms in total. The predicted octanol–water partition coefficient (Wildman–Crippen LogP) is 6.37. The number of benzene rings is 3. The van der Waals surface area contributed by atoms with E-state index in [0.29, 0.717) is 0 Å². The molecule has 0 saturated heterocycles. The molecule has 0 heterocycles. The zero-order chi connectivity index (χ0) is 19.8. The van der Waals surface area contributed by atoms with Gasteiger partial charge in [-0.25, -0.2) is 0 Å². The van der Waals surface area contributed by atoms with Crippen LogP contribution in [0, 0.1) is 0 Å². The van der Waals surface area contributed by atoms with Gasteiger partial charge in [0.15, 0.2) is 0 Å². The van der Waals surface area contributed by atoms with Gasteiger partial charge in [0, 0.05) is 18.3 Å². The van der Waals surface area contributed by atoms with Crippen molar-refractivity contribution in [1.82, 2.24) is 0 Å². The van der Waals surface area contributed by atoms with E-state index in [1.165, 1.54) is 33.5 Å². The monoisotopic (exact) mass is 372 g/mol. The molecule has 146 valence electrons.